The lowest BCUT2D eigenvalue weighted by molar-refractivity contribution is 1.22. The highest BCUT2D eigenvalue weighted by atomic mass is 13.7. The van der Waals surface area contributed by atoms with Crippen molar-refractivity contribution in [3.05, 3.63) is 122 Å². The summed E-state index contributed by atoms with van der Waals surface area (Å²) in [5.74, 6) is 0. The Morgan fingerprint density at radius 3 is 1.00 bits per heavy atom. The van der Waals surface area contributed by atoms with E-state index in [1.54, 1.807) is 6.08 Å². The van der Waals surface area contributed by atoms with Gasteiger partial charge in [0, 0.05) is 0 Å². The summed E-state index contributed by atoms with van der Waals surface area (Å²) in [5.41, 5.74) is 0. The van der Waals surface area contributed by atoms with E-state index in [4.69, 9.17) is 0 Å². The molecule has 0 saturated carbocycles. The Kier molecular flexibility index (Phi) is 16.2. The molecule has 22 heavy (non-hydrogen) atoms. The maximum atomic E-state index is 3.60. The minimum atomic E-state index is 1.07. The summed E-state index contributed by atoms with van der Waals surface area (Å²) >= 11 is 0. The number of rotatable bonds is 10. The summed E-state index contributed by atoms with van der Waals surface area (Å²) in [6.07, 6.45) is 38.8. The van der Waals surface area contributed by atoms with E-state index in [1.807, 2.05) is 97.2 Å². The van der Waals surface area contributed by atoms with Crippen LogP contribution in [0, 0.1) is 0 Å². The second-order valence-corrected chi connectivity index (χ2v) is 4.15. The summed E-state index contributed by atoms with van der Waals surface area (Å²) in [4.78, 5) is 0. The highest BCUT2D eigenvalue weighted by Crippen LogP contribution is 1.87. The first-order valence-electron chi connectivity index (χ1n) is 7.52. The quantitative estimate of drug-likeness (QED) is 0.398. The van der Waals surface area contributed by atoms with Gasteiger partial charge < -0.3 is 0 Å². The molecule has 0 aliphatic rings. The van der Waals surface area contributed by atoms with Gasteiger partial charge >= 0.3 is 0 Å². The van der Waals surface area contributed by atoms with Gasteiger partial charge in [-0.15, -0.1) is 0 Å². The summed E-state index contributed by atoms with van der Waals surface area (Å²) in [7, 11) is 0. The number of allylic oxidation sites excluding steroid dienone is 19. The van der Waals surface area contributed by atoms with Crippen LogP contribution in [0.15, 0.2) is 122 Å². The van der Waals surface area contributed by atoms with Crippen molar-refractivity contribution in [2.24, 2.45) is 0 Å². The van der Waals surface area contributed by atoms with Crippen LogP contribution in [-0.2, 0) is 0 Å². The molecule has 0 aliphatic heterocycles. The SMILES string of the molecule is C=C/C=C/C=C/C=C/C=C/C=C/C=C/C=C/C=C/C=C/CC. The van der Waals surface area contributed by atoms with E-state index in [0.29, 0.717) is 0 Å². The fourth-order valence-electron chi connectivity index (χ4n) is 1.26. The molecule has 0 nitrogen and oxygen atoms in total. The fourth-order valence-corrected chi connectivity index (χ4v) is 1.26. The first-order valence-corrected chi connectivity index (χ1v) is 7.52. The smallest absolute Gasteiger partial charge is 0.0376 e. The van der Waals surface area contributed by atoms with Gasteiger partial charge in [0.2, 0.25) is 0 Å². The second-order valence-electron chi connectivity index (χ2n) is 4.15. The molecule has 0 spiro atoms. The van der Waals surface area contributed by atoms with E-state index in [1.165, 1.54) is 0 Å². The topological polar surface area (TPSA) is 0 Å². The predicted molar refractivity (Wildman–Crippen MR) is 103 cm³/mol. The maximum Gasteiger partial charge on any atom is -0.0376 e. The lowest BCUT2D eigenvalue weighted by Gasteiger charge is -1.76. The molecule has 0 aromatic rings. The molecule has 0 N–H and O–H groups in total. The molecule has 0 aliphatic carbocycles. The first kappa shape index (κ1) is 19.4. The Bertz CT molecular complexity index is 512. The third kappa shape index (κ3) is 17.4. The van der Waals surface area contributed by atoms with Gasteiger partial charge in [-0.2, -0.15) is 0 Å². The standard InChI is InChI=1S/C22H26/c1-3-5-7-9-11-13-15-17-19-21-22-20-18-16-14-12-10-8-6-4-2/h3,5-22H,1,4H2,2H3/b7-5+,8-6+,11-9+,12-10+,15-13+,16-14+,19-17+,20-18+,22-21+. The molecule has 0 fully saturated rings. The number of hydrogen-bond donors (Lipinski definition) is 0. The second kappa shape index (κ2) is 18.4. The van der Waals surface area contributed by atoms with E-state index in [0.717, 1.165) is 6.42 Å². The van der Waals surface area contributed by atoms with Crippen molar-refractivity contribution < 1.29 is 0 Å². The molecule has 0 aromatic carbocycles. The van der Waals surface area contributed by atoms with E-state index >= 15 is 0 Å². The summed E-state index contributed by atoms with van der Waals surface area (Å²) in [6, 6.07) is 0. The van der Waals surface area contributed by atoms with Crippen molar-refractivity contribution in [3.63, 3.8) is 0 Å². The Morgan fingerprint density at radius 1 is 0.455 bits per heavy atom. The van der Waals surface area contributed by atoms with Gasteiger partial charge in [-0.25, -0.2) is 0 Å². The molecule has 0 unspecified atom stereocenters. The number of hydrogen-bond acceptors (Lipinski definition) is 0. The Hall–Kier alpha value is -2.60. The van der Waals surface area contributed by atoms with Crippen LogP contribution in [0.25, 0.3) is 0 Å². The molecule has 0 aromatic heterocycles. The molecule has 0 heteroatoms. The van der Waals surface area contributed by atoms with Crippen LogP contribution in [0.5, 0.6) is 0 Å². The molecular formula is C22H26. The van der Waals surface area contributed by atoms with E-state index in [9.17, 15) is 0 Å². The molecular weight excluding hydrogens is 264 g/mol. The Labute approximate surface area is 136 Å². The van der Waals surface area contributed by atoms with Gasteiger partial charge in [-0.1, -0.05) is 129 Å². The molecule has 114 valence electrons. The maximum absolute atomic E-state index is 3.60. The lowest BCUT2D eigenvalue weighted by atomic mass is 10.3. The van der Waals surface area contributed by atoms with Gasteiger partial charge in [0.25, 0.3) is 0 Å². The van der Waals surface area contributed by atoms with Gasteiger partial charge in [0.1, 0.15) is 0 Å². The van der Waals surface area contributed by atoms with Crippen molar-refractivity contribution in [2.45, 2.75) is 13.3 Å². The van der Waals surface area contributed by atoms with Gasteiger partial charge in [-0.3, -0.25) is 0 Å². The fraction of sp³-hybridized carbons (Fsp3) is 0.0909. The normalized spacial score (nSPS) is 14.2. The van der Waals surface area contributed by atoms with E-state index in [-0.39, 0.29) is 0 Å². The Morgan fingerprint density at radius 2 is 0.727 bits per heavy atom. The largest absolute Gasteiger partial charge is 0.0991 e. The van der Waals surface area contributed by atoms with Crippen molar-refractivity contribution in [3.8, 4) is 0 Å². The van der Waals surface area contributed by atoms with Crippen molar-refractivity contribution in [1.82, 2.24) is 0 Å². The third-order valence-electron chi connectivity index (χ3n) is 2.29. The van der Waals surface area contributed by atoms with Crippen LogP contribution < -0.4 is 0 Å². The van der Waals surface area contributed by atoms with Crippen LogP contribution in [0.2, 0.25) is 0 Å². The first-order chi connectivity index (χ1) is 10.9. The molecule has 0 radical (unpaired) electrons. The predicted octanol–water partition coefficient (Wildman–Crippen LogP) is 6.59. The summed E-state index contributed by atoms with van der Waals surface area (Å²) < 4.78 is 0. The molecule has 0 heterocycles. The zero-order valence-electron chi connectivity index (χ0n) is 13.4. The van der Waals surface area contributed by atoms with Crippen LogP contribution in [0.1, 0.15) is 13.3 Å². The highest BCUT2D eigenvalue weighted by Gasteiger charge is 1.65. The van der Waals surface area contributed by atoms with Crippen molar-refractivity contribution in [1.29, 1.82) is 0 Å². The lowest BCUT2D eigenvalue weighted by Crippen LogP contribution is -1.54. The van der Waals surface area contributed by atoms with Crippen LogP contribution in [0.4, 0.5) is 0 Å². The highest BCUT2D eigenvalue weighted by molar-refractivity contribution is 5.22. The van der Waals surface area contributed by atoms with Crippen LogP contribution in [0.3, 0.4) is 0 Å². The van der Waals surface area contributed by atoms with E-state index < -0.39 is 0 Å². The van der Waals surface area contributed by atoms with Crippen LogP contribution in [-0.4, -0.2) is 0 Å². The average Bonchev–Trinajstić information content (AvgIpc) is 2.54. The third-order valence-corrected chi connectivity index (χ3v) is 2.29. The Balaban J connectivity index is 3.87. The molecule has 0 rings (SSSR count). The van der Waals surface area contributed by atoms with Crippen molar-refractivity contribution >= 4 is 0 Å². The van der Waals surface area contributed by atoms with Gasteiger partial charge in [0.05, 0.1) is 0 Å². The zero-order chi connectivity index (χ0) is 16.1. The average molecular weight is 290 g/mol. The molecule has 0 atom stereocenters. The molecule has 0 saturated heterocycles. The van der Waals surface area contributed by atoms with Gasteiger partial charge in [-0.05, 0) is 6.42 Å². The molecule has 0 amide bonds. The van der Waals surface area contributed by atoms with E-state index in [2.05, 4.69) is 25.7 Å². The summed E-state index contributed by atoms with van der Waals surface area (Å²) in [6.45, 7) is 5.72. The van der Waals surface area contributed by atoms with Crippen molar-refractivity contribution in [2.75, 3.05) is 0 Å². The monoisotopic (exact) mass is 290 g/mol. The molecule has 0 bridgehead atoms. The zero-order valence-corrected chi connectivity index (χ0v) is 13.4. The minimum Gasteiger partial charge on any atom is -0.0991 e. The van der Waals surface area contributed by atoms with Gasteiger partial charge in [0.15, 0.2) is 0 Å². The van der Waals surface area contributed by atoms with Crippen LogP contribution >= 0.6 is 0 Å². The minimum absolute atomic E-state index is 1.07. The summed E-state index contributed by atoms with van der Waals surface area (Å²) in [5, 5.41) is 0.